The Balaban J connectivity index is -0.000000280. The SMILES string of the molecule is F[B-](F)(F)F.F[B-](F)(F)F.F[B-](F)(F)F.F[B-](F)(F)F.F[B-](F)(F)F.F[B-](F)(F)F.c1ccc(C(c2ccccc2)c2ccccc2)cc1. The second kappa shape index (κ2) is 23.7. The second-order valence-electron chi connectivity index (χ2n) is 7.63. The fraction of sp³-hybridized carbons (Fsp3) is 0.0526. The van der Waals surface area contributed by atoms with Crippen molar-refractivity contribution in [3.8, 4) is 0 Å². The summed E-state index contributed by atoms with van der Waals surface area (Å²) in [4.78, 5) is 0. The lowest BCUT2D eigenvalue weighted by atomic mass is 9.85. The molecule has 284 valence electrons. The number of benzene rings is 3. The van der Waals surface area contributed by atoms with Crippen LogP contribution in [0.3, 0.4) is 0 Å². The molecule has 30 heteroatoms. The summed E-state index contributed by atoms with van der Waals surface area (Å²) in [5.41, 5.74) is 4.00. The number of rotatable bonds is 3. The highest BCUT2D eigenvalue weighted by Crippen LogP contribution is 2.31. The van der Waals surface area contributed by atoms with E-state index in [4.69, 9.17) is 0 Å². The molecule has 0 fully saturated rings. The predicted molar refractivity (Wildman–Crippen MR) is 141 cm³/mol. The van der Waals surface area contributed by atoms with Crippen LogP contribution in [0.2, 0.25) is 0 Å². The van der Waals surface area contributed by atoms with E-state index in [0.29, 0.717) is 5.92 Å². The molecule has 0 heterocycles. The van der Waals surface area contributed by atoms with Crippen molar-refractivity contribution in [2.45, 2.75) is 5.92 Å². The van der Waals surface area contributed by atoms with Crippen molar-refractivity contribution in [3.05, 3.63) is 108 Å². The lowest BCUT2D eigenvalue weighted by molar-refractivity contribution is 0.366. The summed E-state index contributed by atoms with van der Waals surface area (Å²) < 4.78 is 234. The van der Waals surface area contributed by atoms with Crippen LogP contribution in [0.4, 0.5) is 104 Å². The molecular weight excluding hydrogens is 749 g/mol. The first-order valence-electron chi connectivity index (χ1n) is 11.8. The summed E-state index contributed by atoms with van der Waals surface area (Å²) in [6.45, 7) is 0. The minimum atomic E-state index is -6.00. The van der Waals surface area contributed by atoms with Gasteiger partial charge in [-0.3, -0.25) is 0 Å². The lowest BCUT2D eigenvalue weighted by Gasteiger charge is -2.18. The Labute approximate surface area is 261 Å². The van der Waals surface area contributed by atoms with Gasteiger partial charge in [0.2, 0.25) is 0 Å². The summed E-state index contributed by atoms with van der Waals surface area (Å²) in [6, 6.07) is 32.0. The lowest BCUT2D eigenvalue weighted by Crippen LogP contribution is -2.02. The Kier molecular flexibility index (Phi) is 25.2. The third-order valence-electron chi connectivity index (χ3n) is 3.40. The summed E-state index contributed by atoms with van der Waals surface area (Å²) in [7, 11) is -36.0. The fourth-order valence-corrected chi connectivity index (χ4v) is 2.51. The third-order valence-corrected chi connectivity index (χ3v) is 3.40. The van der Waals surface area contributed by atoms with Crippen molar-refractivity contribution < 1.29 is 104 Å². The van der Waals surface area contributed by atoms with Gasteiger partial charge in [-0.1, -0.05) is 91.0 Å². The molecule has 0 N–H and O–H groups in total. The van der Waals surface area contributed by atoms with Crippen molar-refractivity contribution in [2.75, 3.05) is 0 Å². The molecule has 0 aromatic heterocycles. The van der Waals surface area contributed by atoms with Gasteiger partial charge in [-0.2, -0.15) is 0 Å². The van der Waals surface area contributed by atoms with Gasteiger partial charge in [0, 0.05) is 5.92 Å². The molecule has 49 heavy (non-hydrogen) atoms. The van der Waals surface area contributed by atoms with E-state index in [1.807, 2.05) is 0 Å². The quantitative estimate of drug-likeness (QED) is 0.142. The molecule has 0 amide bonds. The van der Waals surface area contributed by atoms with Gasteiger partial charge < -0.3 is 104 Å². The van der Waals surface area contributed by atoms with Gasteiger partial charge in [0.1, 0.15) is 0 Å². The van der Waals surface area contributed by atoms with E-state index in [1.165, 1.54) is 16.7 Å². The first-order chi connectivity index (χ1) is 21.4. The molecule has 0 atom stereocenters. The summed E-state index contributed by atoms with van der Waals surface area (Å²) in [5.74, 6) is 0.309. The molecule has 0 bridgehead atoms. The fourth-order valence-electron chi connectivity index (χ4n) is 2.51. The molecule has 0 aliphatic carbocycles. The highest BCUT2D eigenvalue weighted by Gasteiger charge is 2.23. The van der Waals surface area contributed by atoms with Crippen LogP contribution in [0.5, 0.6) is 0 Å². The summed E-state index contributed by atoms with van der Waals surface area (Å²) in [6.07, 6.45) is 0. The molecule has 0 saturated carbocycles. The highest BCUT2D eigenvalue weighted by atomic mass is 19.5. The van der Waals surface area contributed by atoms with Crippen LogP contribution in [-0.4, -0.2) is 43.5 Å². The van der Waals surface area contributed by atoms with E-state index in [0.717, 1.165) is 0 Å². The first kappa shape index (κ1) is 52.2. The van der Waals surface area contributed by atoms with Gasteiger partial charge in [0.15, 0.2) is 0 Å². The minimum Gasteiger partial charge on any atom is -0.418 e. The Morgan fingerprint density at radius 2 is 0.327 bits per heavy atom. The smallest absolute Gasteiger partial charge is 0.418 e. The van der Waals surface area contributed by atoms with Crippen LogP contribution in [0.15, 0.2) is 91.0 Å². The Morgan fingerprint density at radius 1 is 0.224 bits per heavy atom. The number of hydrogen-bond donors (Lipinski definition) is 0. The maximum absolute atomic E-state index is 9.75. The average molecular weight is 765 g/mol. The Hall–Kier alpha value is -3.63. The molecule has 0 radical (unpaired) electrons. The summed E-state index contributed by atoms with van der Waals surface area (Å²) in [5, 5.41) is 0. The van der Waals surface area contributed by atoms with Gasteiger partial charge in [-0.25, -0.2) is 0 Å². The highest BCUT2D eigenvalue weighted by molar-refractivity contribution is 6.51. The number of halogens is 24. The van der Waals surface area contributed by atoms with Gasteiger partial charge in [0.05, 0.1) is 0 Å². The zero-order valence-electron chi connectivity index (χ0n) is 23.3. The second-order valence-corrected chi connectivity index (χ2v) is 7.63. The van der Waals surface area contributed by atoms with Crippen LogP contribution < -0.4 is 0 Å². The maximum Gasteiger partial charge on any atom is 0.673 e. The largest absolute Gasteiger partial charge is 0.673 e. The Morgan fingerprint density at radius 3 is 0.429 bits per heavy atom. The van der Waals surface area contributed by atoms with E-state index in [2.05, 4.69) is 91.0 Å². The molecule has 3 aromatic carbocycles. The van der Waals surface area contributed by atoms with Gasteiger partial charge in [-0.15, -0.1) is 0 Å². The van der Waals surface area contributed by atoms with E-state index < -0.39 is 43.5 Å². The van der Waals surface area contributed by atoms with E-state index >= 15 is 0 Å². The van der Waals surface area contributed by atoms with E-state index in [9.17, 15) is 104 Å². The van der Waals surface area contributed by atoms with Crippen LogP contribution >= 0.6 is 0 Å². The first-order valence-corrected chi connectivity index (χ1v) is 11.8. The molecule has 0 aliphatic rings. The predicted octanol–water partition coefficient (Wildman–Crippen LogP) is 12.7. The van der Waals surface area contributed by atoms with Crippen LogP contribution in [-0.2, 0) is 0 Å². The van der Waals surface area contributed by atoms with Gasteiger partial charge in [0.25, 0.3) is 0 Å². The molecule has 0 nitrogen and oxygen atoms in total. The van der Waals surface area contributed by atoms with E-state index in [1.54, 1.807) is 0 Å². The maximum atomic E-state index is 9.75. The summed E-state index contributed by atoms with van der Waals surface area (Å²) >= 11 is 0. The molecule has 0 spiro atoms. The third kappa shape index (κ3) is 76.0. The molecule has 3 aromatic rings. The van der Waals surface area contributed by atoms with E-state index in [-0.39, 0.29) is 0 Å². The van der Waals surface area contributed by atoms with Crippen molar-refractivity contribution in [1.82, 2.24) is 0 Å². The molecule has 0 unspecified atom stereocenters. The zero-order chi connectivity index (χ0) is 39.9. The molecule has 3 rings (SSSR count). The van der Waals surface area contributed by atoms with Crippen molar-refractivity contribution in [1.29, 1.82) is 0 Å². The van der Waals surface area contributed by atoms with Crippen LogP contribution in [0, 0.1) is 0 Å². The monoisotopic (exact) mass is 766 g/mol. The van der Waals surface area contributed by atoms with Gasteiger partial charge >= 0.3 is 43.5 Å². The molecule has 0 saturated heterocycles. The molecule has 0 aliphatic heterocycles. The topological polar surface area (TPSA) is 0 Å². The average Bonchev–Trinajstić information content (AvgIpc) is 2.80. The van der Waals surface area contributed by atoms with Crippen molar-refractivity contribution in [3.63, 3.8) is 0 Å². The van der Waals surface area contributed by atoms with Gasteiger partial charge in [-0.05, 0) is 16.7 Å². The van der Waals surface area contributed by atoms with Crippen molar-refractivity contribution in [2.24, 2.45) is 0 Å². The standard InChI is InChI=1S/C19H16.6BF4/c1-4-10-16(11-5-1)19(17-12-6-2-7-13-17)18-14-8-3-9-15-18;6*2-1(3,4)5/h1-15,19H;;;;;;/q;6*-1. The number of hydrogen-bond acceptors (Lipinski definition) is 0. The van der Waals surface area contributed by atoms with Crippen LogP contribution in [0.1, 0.15) is 22.6 Å². The minimum absolute atomic E-state index is 0.309. The molecular formula is C19H16B6F24-6. The normalized spacial score (nSPS) is 11.4. The van der Waals surface area contributed by atoms with Crippen molar-refractivity contribution >= 4 is 43.5 Å². The van der Waals surface area contributed by atoms with Crippen LogP contribution in [0.25, 0.3) is 0 Å². The Bertz CT molecular complexity index is 955. The zero-order valence-corrected chi connectivity index (χ0v) is 23.3.